The van der Waals surface area contributed by atoms with Crippen LogP contribution in [0.5, 0.6) is 0 Å². The van der Waals surface area contributed by atoms with Crippen molar-refractivity contribution in [2.45, 2.75) is 25.4 Å². The molecule has 0 aliphatic heterocycles. The number of imidazole rings is 1. The van der Waals surface area contributed by atoms with Gasteiger partial charge in [-0.15, -0.1) is 0 Å². The van der Waals surface area contributed by atoms with Gasteiger partial charge in [0.1, 0.15) is 0 Å². The van der Waals surface area contributed by atoms with E-state index in [1.54, 1.807) is 4.57 Å². The summed E-state index contributed by atoms with van der Waals surface area (Å²) in [6, 6.07) is 0. The highest BCUT2D eigenvalue weighted by molar-refractivity contribution is 9.09. The molecule has 1 aromatic heterocycles. The molecule has 0 spiro atoms. The van der Waals surface area contributed by atoms with Crippen LogP contribution in [0.3, 0.4) is 0 Å². The van der Waals surface area contributed by atoms with Crippen LogP contribution in [0, 0.1) is 5.92 Å². The number of nitrogens with zero attached hydrogens (tertiary/aromatic N) is 2. The molecule has 7 heteroatoms. The summed E-state index contributed by atoms with van der Waals surface area (Å²) in [5.74, 6) is 0.253. The zero-order chi connectivity index (χ0) is 12.2. The first-order chi connectivity index (χ1) is 7.49. The molecule has 5 nitrogen and oxygen atoms in total. The van der Waals surface area contributed by atoms with Gasteiger partial charge in [-0.2, -0.15) is 0 Å². The molecule has 0 amide bonds. The Morgan fingerprint density at radius 1 is 1.62 bits per heavy atom. The van der Waals surface area contributed by atoms with Crippen LogP contribution >= 0.6 is 15.9 Å². The van der Waals surface area contributed by atoms with Crippen molar-refractivity contribution in [2.75, 3.05) is 11.9 Å². The lowest BCUT2D eigenvalue weighted by Crippen LogP contribution is -2.29. The van der Waals surface area contributed by atoms with Gasteiger partial charge in [0.15, 0.2) is 5.03 Å². The number of hydrogen-bond acceptors (Lipinski definition) is 3. The molecule has 0 fully saturated rings. The fourth-order valence-electron chi connectivity index (χ4n) is 1.03. The van der Waals surface area contributed by atoms with Crippen LogP contribution in [-0.2, 0) is 16.6 Å². The quantitative estimate of drug-likeness (QED) is 0.803. The molecule has 0 saturated heterocycles. The van der Waals surface area contributed by atoms with E-state index in [-0.39, 0.29) is 10.9 Å². The summed E-state index contributed by atoms with van der Waals surface area (Å²) in [5.41, 5.74) is 0. The van der Waals surface area contributed by atoms with E-state index in [1.165, 1.54) is 12.5 Å². The molecule has 1 N–H and O–H groups in total. The van der Waals surface area contributed by atoms with Gasteiger partial charge in [0.25, 0.3) is 10.0 Å². The van der Waals surface area contributed by atoms with Crippen LogP contribution in [0.1, 0.15) is 13.8 Å². The third-order valence-electron chi connectivity index (χ3n) is 2.14. The van der Waals surface area contributed by atoms with Gasteiger partial charge in [0.05, 0.1) is 6.33 Å². The van der Waals surface area contributed by atoms with E-state index in [0.29, 0.717) is 13.1 Å². The van der Waals surface area contributed by atoms with Crippen molar-refractivity contribution < 1.29 is 8.42 Å². The predicted octanol–water partition coefficient (Wildman–Crippen LogP) is 1.21. The van der Waals surface area contributed by atoms with Crippen LogP contribution in [0.2, 0.25) is 0 Å². The van der Waals surface area contributed by atoms with Crippen molar-refractivity contribution in [1.29, 1.82) is 0 Å². The molecule has 1 heterocycles. The van der Waals surface area contributed by atoms with Crippen LogP contribution in [0.15, 0.2) is 17.6 Å². The summed E-state index contributed by atoms with van der Waals surface area (Å²) in [4.78, 5) is 3.86. The lowest BCUT2D eigenvalue weighted by molar-refractivity contribution is 0.560. The molecule has 0 bridgehead atoms. The zero-order valence-corrected chi connectivity index (χ0v) is 11.8. The van der Waals surface area contributed by atoms with Crippen molar-refractivity contribution >= 4 is 26.0 Å². The number of halogens is 1. The molecular weight excluding hydrogens is 294 g/mol. The third-order valence-corrected chi connectivity index (χ3v) is 4.55. The van der Waals surface area contributed by atoms with E-state index in [9.17, 15) is 8.42 Å². The topological polar surface area (TPSA) is 64.0 Å². The standard InChI is InChI=1S/C9H16BrN3O2S/c1-3-13-6-9(11-7-13)16(14,15)12-5-8(2)4-10/h6-8,12H,3-5H2,1-2H3. The number of rotatable bonds is 6. The van der Waals surface area contributed by atoms with Crippen molar-refractivity contribution in [3.8, 4) is 0 Å². The van der Waals surface area contributed by atoms with E-state index in [1.807, 2.05) is 13.8 Å². The predicted molar refractivity (Wildman–Crippen MR) is 66.0 cm³/mol. The van der Waals surface area contributed by atoms with Crippen molar-refractivity contribution in [3.63, 3.8) is 0 Å². The molecule has 0 aliphatic carbocycles. The molecule has 0 aromatic carbocycles. The Morgan fingerprint density at radius 2 is 2.31 bits per heavy atom. The van der Waals surface area contributed by atoms with Gasteiger partial charge in [-0.3, -0.25) is 0 Å². The van der Waals surface area contributed by atoms with Crippen LogP contribution in [0.4, 0.5) is 0 Å². The lowest BCUT2D eigenvalue weighted by Gasteiger charge is -2.08. The highest BCUT2D eigenvalue weighted by Gasteiger charge is 2.17. The van der Waals surface area contributed by atoms with E-state index in [2.05, 4.69) is 25.6 Å². The average molecular weight is 310 g/mol. The molecule has 0 radical (unpaired) electrons. The number of hydrogen-bond donors (Lipinski definition) is 1. The summed E-state index contributed by atoms with van der Waals surface area (Å²) >= 11 is 3.30. The van der Waals surface area contributed by atoms with Crippen molar-refractivity contribution in [3.05, 3.63) is 12.5 Å². The summed E-state index contributed by atoms with van der Waals surface area (Å²) in [6.07, 6.45) is 3.05. The zero-order valence-electron chi connectivity index (χ0n) is 9.35. The van der Waals surface area contributed by atoms with Gasteiger partial charge in [0, 0.05) is 24.6 Å². The largest absolute Gasteiger partial charge is 0.336 e. The molecular formula is C9H16BrN3O2S. The molecule has 1 unspecified atom stereocenters. The van der Waals surface area contributed by atoms with Crippen molar-refractivity contribution in [1.82, 2.24) is 14.3 Å². The van der Waals surface area contributed by atoms with Crippen LogP contribution in [0.25, 0.3) is 0 Å². The Morgan fingerprint density at radius 3 is 2.81 bits per heavy atom. The average Bonchev–Trinajstić information content (AvgIpc) is 2.75. The Balaban J connectivity index is 2.70. The van der Waals surface area contributed by atoms with Crippen LogP contribution < -0.4 is 4.72 Å². The number of aryl methyl sites for hydroxylation is 1. The van der Waals surface area contributed by atoms with Gasteiger partial charge in [0.2, 0.25) is 0 Å². The smallest absolute Gasteiger partial charge is 0.259 e. The highest BCUT2D eigenvalue weighted by Crippen LogP contribution is 2.06. The first-order valence-electron chi connectivity index (χ1n) is 5.07. The van der Waals surface area contributed by atoms with Gasteiger partial charge in [-0.05, 0) is 12.8 Å². The Bertz CT molecular complexity index is 430. The first kappa shape index (κ1) is 13.7. The number of alkyl halides is 1. The van der Waals surface area contributed by atoms with E-state index in [0.717, 1.165) is 5.33 Å². The first-order valence-corrected chi connectivity index (χ1v) is 7.67. The molecule has 92 valence electrons. The fourth-order valence-corrected chi connectivity index (χ4v) is 2.37. The number of aromatic nitrogens is 2. The van der Waals surface area contributed by atoms with E-state index < -0.39 is 10.0 Å². The number of nitrogens with one attached hydrogen (secondary N) is 1. The lowest BCUT2D eigenvalue weighted by atomic mass is 10.2. The molecule has 0 aliphatic rings. The molecule has 0 saturated carbocycles. The van der Waals surface area contributed by atoms with E-state index in [4.69, 9.17) is 0 Å². The van der Waals surface area contributed by atoms with E-state index >= 15 is 0 Å². The second-order valence-electron chi connectivity index (χ2n) is 3.65. The molecule has 1 rings (SSSR count). The summed E-state index contributed by atoms with van der Waals surface area (Å²) in [6.45, 7) is 5.01. The highest BCUT2D eigenvalue weighted by atomic mass is 79.9. The van der Waals surface area contributed by atoms with Gasteiger partial charge in [-0.25, -0.2) is 18.1 Å². The monoisotopic (exact) mass is 309 g/mol. The molecule has 1 aromatic rings. The SMILES string of the molecule is CCn1cnc(S(=O)(=O)NCC(C)CBr)c1. The van der Waals surface area contributed by atoms with Gasteiger partial charge < -0.3 is 4.57 Å². The molecule has 1 atom stereocenters. The Hall–Kier alpha value is -0.400. The fraction of sp³-hybridized carbons (Fsp3) is 0.667. The normalized spacial score (nSPS) is 13.9. The van der Waals surface area contributed by atoms with Crippen LogP contribution in [-0.4, -0.2) is 29.8 Å². The number of sulfonamides is 1. The maximum atomic E-state index is 11.8. The van der Waals surface area contributed by atoms with Crippen molar-refractivity contribution in [2.24, 2.45) is 5.92 Å². The maximum absolute atomic E-state index is 11.8. The summed E-state index contributed by atoms with van der Waals surface area (Å²) in [5, 5.41) is 0.843. The minimum atomic E-state index is -3.46. The Kier molecular flexibility index (Phi) is 4.94. The van der Waals surface area contributed by atoms with Gasteiger partial charge in [-0.1, -0.05) is 22.9 Å². The second-order valence-corrected chi connectivity index (χ2v) is 6.02. The maximum Gasteiger partial charge on any atom is 0.259 e. The minimum absolute atomic E-state index is 0.0797. The summed E-state index contributed by atoms with van der Waals surface area (Å²) < 4.78 is 27.8. The summed E-state index contributed by atoms with van der Waals surface area (Å²) in [7, 11) is -3.46. The molecule has 16 heavy (non-hydrogen) atoms. The van der Waals surface area contributed by atoms with Gasteiger partial charge >= 0.3 is 0 Å². The minimum Gasteiger partial charge on any atom is -0.336 e. The third kappa shape index (κ3) is 3.57. The Labute approximate surface area is 104 Å². The second kappa shape index (κ2) is 5.79.